The number of hydrogen-bond acceptors (Lipinski definition) is 3. The molecule has 0 aromatic rings. The van der Waals surface area contributed by atoms with Gasteiger partial charge in [-0.3, -0.25) is 13.6 Å². The molecule has 0 heterocycles. The molecule has 4 nitrogen and oxygen atoms in total. The summed E-state index contributed by atoms with van der Waals surface area (Å²) in [5, 5.41) is 7.80. The molecule has 0 N–H and O–H groups in total. The summed E-state index contributed by atoms with van der Waals surface area (Å²) in [6, 6.07) is 1.85. The Bertz CT molecular complexity index is 175. The zero-order valence-corrected chi connectivity index (χ0v) is 10.6. The van der Waals surface area contributed by atoms with E-state index < -0.39 is 0 Å². The van der Waals surface area contributed by atoms with E-state index in [0.29, 0.717) is 13.0 Å². The van der Waals surface area contributed by atoms with Crippen LogP contribution in [0.2, 0.25) is 0 Å². The summed E-state index contributed by atoms with van der Waals surface area (Å²) in [4.78, 5) is 18.5. The van der Waals surface area contributed by atoms with Gasteiger partial charge in [-0.05, 0) is 13.8 Å². The van der Waals surface area contributed by atoms with E-state index in [4.69, 9.17) is 21.4 Å². The molecule has 0 amide bonds. The van der Waals surface area contributed by atoms with E-state index in [-0.39, 0.29) is 19.5 Å². The van der Waals surface area contributed by atoms with Gasteiger partial charge in [-0.1, -0.05) is 5.57 Å². The van der Waals surface area contributed by atoms with Crippen LogP contribution in [0.3, 0.4) is 0 Å². The number of hydrogen-bond donors (Lipinski definition) is 0. The molecule has 0 aromatic heterocycles. The molecule has 0 aliphatic rings. The van der Waals surface area contributed by atoms with Gasteiger partial charge in [0.25, 0.3) is 0 Å². The molecule has 0 rings (SSSR count). The maximum absolute atomic E-state index is 7.80. The van der Waals surface area contributed by atoms with Gasteiger partial charge in [0.15, 0.2) is 0 Å². The molecule has 5 heteroatoms. The Kier molecular flexibility index (Phi) is 104. The van der Waals surface area contributed by atoms with Crippen molar-refractivity contribution >= 4 is 13.6 Å². The molecule has 0 atom stereocenters. The maximum atomic E-state index is 7.80. The third kappa shape index (κ3) is 511. The monoisotopic (exact) mass is 296 g/mol. The van der Waals surface area contributed by atoms with Gasteiger partial charge in [0.05, 0.1) is 6.07 Å². The number of carbonyl (C=O) groups excluding carboxylic acids is 2. The molecule has 0 saturated heterocycles. The Labute approximate surface area is 105 Å². The molecule has 15 heavy (non-hydrogen) atoms. The molecule has 0 unspecified atom stereocenters. The van der Waals surface area contributed by atoms with Crippen molar-refractivity contribution in [3.05, 3.63) is 23.6 Å². The molecule has 83 valence electrons. The van der Waals surface area contributed by atoms with Gasteiger partial charge in [0.2, 0.25) is 6.54 Å². The second kappa shape index (κ2) is 53.6. The van der Waals surface area contributed by atoms with E-state index in [9.17, 15) is 0 Å². The average Bonchev–Trinajstić information content (AvgIpc) is 2.20. The van der Waals surface area contributed by atoms with Gasteiger partial charge in [-0.2, -0.15) is 5.26 Å². The fourth-order valence-corrected chi connectivity index (χ4v) is 0.106. The Balaban J connectivity index is -0.0000000327. The molecule has 0 aromatic carbocycles. The minimum Gasteiger partial charge on any atom is -0.545 e. The Morgan fingerprint density at radius 3 is 1.73 bits per heavy atom. The Hall–Kier alpha value is -1.32. The van der Waals surface area contributed by atoms with Crippen LogP contribution >= 0.6 is 0 Å². The Morgan fingerprint density at radius 1 is 1.40 bits per heavy atom. The summed E-state index contributed by atoms with van der Waals surface area (Å²) < 4.78 is 0. The van der Waals surface area contributed by atoms with Gasteiger partial charge < -0.3 is 14.4 Å². The van der Waals surface area contributed by atoms with Gasteiger partial charge in [-0.15, -0.1) is 6.58 Å². The first-order valence-corrected chi connectivity index (χ1v) is 3.44. The van der Waals surface area contributed by atoms with E-state index in [0.717, 1.165) is 0 Å². The van der Waals surface area contributed by atoms with Crippen LogP contribution in [0.1, 0.15) is 20.3 Å². The van der Waals surface area contributed by atoms with Crippen molar-refractivity contribution in [3.63, 3.8) is 0 Å². The van der Waals surface area contributed by atoms with E-state index in [1.165, 1.54) is 5.57 Å². The minimum absolute atomic E-state index is 0. The molecule has 0 saturated carbocycles. The molecular formula is C10H14N2O2Ru+. The van der Waals surface area contributed by atoms with Gasteiger partial charge in [-0.25, -0.2) is 6.57 Å². The minimum atomic E-state index is 0. The van der Waals surface area contributed by atoms with Crippen molar-refractivity contribution in [2.75, 3.05) is 6.54 Å². The van der Waals surface area contributed by atoms with Crippen molar-refractivity contribution in [1.29, 1.82) is 5.26 Å². The van der Waals surface area contributed by atoms with Crippen LogP contribution in [0.15, 0.2) is 12.2 Å². The van der Waals surface area contributed by atoms with Crippen molar-refractivity contribution < 1.29 is 29.1 Å². The summed E-state index contributed by atoms with van der Waals surface area (Å²) in [5.41, 5.74) is 1.17. The van der Waals surface area contributed by atoms with Crippen molar-refractivity contribution in [1.82, 2.24) is 0 Å². The first-order valence-electron chi connectivity index (χ1n) is 3.44. The second-order valence-electron chi connectivity index (χ2n) is 2.00. The molecule has 0 bridgehead atoms. The zero-order chi connectivity index (χ0) is 12.4. The Morgan fingerprint density at radius 2 is 1.67 bits per heavy atom. The topological polar surface area (TPSA) is 62.3 Å². The van der Waals surface area contributed by atoms with Crippen LogP contribution < -0.4 is 0 Å². The number of rotatable bonds is 1. The first kappa shape index (κ1) is 29.2. The standard InChI is InChI=1S/C4H4N2.C4H8.2CHO.Ru/c1-6-4-2-3-5;1-4(2)3;2*1-2;/h2,4H2;1H2,2-3H3;2*1H;/q;;2*-1;+3. The fraction of sp³-hybridized carbons (Fsp3) is 0.400. The van der Waals surface area contributed by atoms with Crippen LogP contribution in [0, 0.1) is 17.9 Å². The average molecular weight is 295 g/mol. The SMILES string of the molecule is C=C(C)C.[C-]#[N+]CCC#N.[CH-]=O.[CH-]=O.[Ru+3]. The van der Waals surface area contributed by atoms with Crippen molar-refractivity contribution in [2.45, 2.75) is 20.3 Å². The summed E-state index contributed by atoms with van der Waals surface area (Å²) in [5.74, 6) is 0. The number of nitrogens with zero attached hydrogens (tertiary/aromatic N) is 2. The maximum Gasteiger partial charge on any atom is 3.00 e. The van der Waals surface area contributed by atoms with Gasteiger partial charge in [0.1, 0.15) is 6.42 Å². The van der Waals surface area contributed by atoms with E-state index in [1.807, 2.05) is 19.9 Å². The van der Waals surface area contributed by atoms with E-state index >= 15 is 0 Å². The smallest absolute Gasteiger partial charge is 0.545 e. The van der Waals surface area contributed by atoms with E-state index in [2.05, 4.69) is 25.0 Å². The normalized spacial score (nSPS) is 4.53. The summed E-state index contributed by atoms with van der Waals surface area (Å²) in [6.07, 6.45) is 0.365. The molecule has 0 aliphatic carbocycles. The van der Waals surface area contributed by atoms with Crippen molar-refractivity contribution in [2.24, 2.45) is 0 Å². The second-order valence-corrected chi connectivity index (χ2v) is 2.00. The van der Waals surface area contributed by atoms with Gasteiger partial charge >= 0.3 is 19.5 Å². The van der Waals surface area contributed by atoms with Crippen LogP contribution in [-0.2, 0) is 29.1 Å². The number of allylic oxidation sites excluding steroid dienone is 1. The first-order chi connectivity index (χ1) is 6.65. The zero-order valence-electron chi connectivity index (χ0n) is 8.84. The largest absolute Gasteiger partial charge is 3.00 e. The molecule has 1 radical (unpaired) electrons. The predicted molar refractivity (Wildman–Crippen MR) is 55.7 cm³/mol. The van der Waals surface area contributed by atoms with Crippen molar-refractivity contribution in [3.8, 4) is 6.07 Å². The van der Waals surface area contributed by atoms with Gasteiger partial charge in [0, 0.05) is 0 Å². The quantitative estimate of drug-likeness (QED) is 0.244. The number of nitriles is 1. The molecular weight excluding hydrogens is 281 g/mol. The summed E-state index contributed by atoms with van der Waals surface area (Å²) in [7, 11) is 0. The van der Waals surface area contributed by atoms with Crippen LogP contribution in [0.25, 0.3) is 4.85 Å². The molecule has 0 spiro atoms. The summed E-state index contributed by atoms with van der Waals surface area (Å²) >= 11 is 0. The van der Waals surface area contributed by atoms with E-state index in [1.54, 1.807) is 0 Å². The molecule has 0 fully saturated rings. The predicted octanol–water partition coefficient (Wildman–Crippen LogP) is 1.85. The van der Waals surface area contributed by atoms with Crippen LogP contribution in [-0.4, -0.2) is 20.1 Å². The summed E-state index contributed by atoms with van der Waals surface area (Å²) in [6.45, 7) is 20.5. The fourth-order valence-electron chi connectivity index (χ4n) is 0.106. The van der Waals surface area contributed by atoms with Crippen LogP contribution in [0.5, 0.6) is 0 Å². The third-order valence-corrected chi connectivity index (χ3v) is 0.335. The third-order valence-electron chi connectivity index (χ3n) is 0.335. The van der Waals surface area contributed by atoms with Crippen LogP contribution in [0.4, 0.5) is 0 Å². The molecule has 0 aliphatic heterocycles.